The second-order valence-corrected chi connectivity index (χ2v) is 5.44. The normalized spacial score (nSPS) is 17.0. The highest BCUT2D eigenvalue weighted by atomic mass is 19.1. The number of halogens is 1. The van der Waals surface area contributed by atoms with Crippen molar-refractivity contribution in [1.29, 1.82) is 0 Å². The van der Waals surface area contributed by atoms with Crippen LogP contribution < -0.4 is 5.32 Å². The summed E-state index contributed by atoms with van der Waals surface area (Å²) in [6.07, 6.45) is 4.27. The second-order valence-electron chi connectivity index (χ2n) is 5.44. The zero-order valence-corrected chi connectivity index (χ0v) is 12.1. The molecule has 3 nitrogen and oxygen atoms in total. The van der Waals surface area contributed by atoms with E-state index in [0.29, 0.717) is 0 Å². The Morgan fingerprint density at radius 2 is 1.90 bits per heavy atom. The molecule has 1 unspecified atom stereocenters. The maximum absolute atomic E-state index is 12.8. The van der Waals surface area contributed by atoms with E-state index < -0.39 is 0 Å². The number of nitrogens with one attached hydrogen (secondary N) is 1. The number of benzene rings is 1. The Labute approximate surface area is 120 Å². The van der Waals surface area contributed by atoms with Gasteiger partial charge in [0.25, 0.3) is 0 Å². The van der Waals surface area contributed by atoms with Crippen molar-refractivity contribution < 1.29 is 9.18 Å². The lowest BCUT2D eigenvalue weighted by atomic mass is 10.1. The number of hydrogen-bond acceptors (Lipinski definition) is 2. The van der Waals surface area contributed by atoms with E-state index in [1.54, 1.807) is 12.1 Å². The van der Waals surface area contributed by atoms with Crippen molar-refractivity contribution in [2.45, 2.75) is 38.6 Å². The summed E-state index contributed by atoms with van der Waals surface area (Å²) in [6, 6.07) is 6.37. The summed E-state index contributed by atoms with van der Waals surface area (Å²) in [5, 5.41) is 3.26. The molecule has 0 aliphatic carbocycles. The van der Waals surface area contributed by atoms with E-state index in [-0.39, 0.29) is 17.8 Å². The minimum atomic E-state index is -0.213. The summed E-state index contributed by atoms with van der Waals surface area (Å²) in [5.74, 6) is -0.0147. The molecule has 0 bridgehead atoms. The van der Waals surface area contributed by atoms with Crippen LogP contribution in [0.3, 0.4) is 0 Å². The predicted octanol–water partition coefficient (Wildman–Crippen LogP) is 2.36. The van der Waals surface area contributed by atoms with Crippen LogP contribution in [-0.4, -0.2) is 36.5 Å². The molecule has 20 heavy (non-hydrogen) atoms. The molecule has 1 aromatic rings. The van der Waals surface area contributed by atoms with Crippen molar-refractivity contribution in [3.63, 3.8) is 0 Å². The zero-order chi connectivity index (χ0) is 14.4. The monoisotopic (exact) mass is 278 g/mol. The zero-order valence-electron chi connectivity index (χ0n) is 12.1. The van der Waals surface area contributed by atoms with Crippen molar-refractivity contribution in [2.24, 2.45) is 0 Å². The van der Waals surface area contributed by atoms with Crippen LogP contribution in [0.25, 0.3) is 0 Å². The highest BCUT2D eigenvalue weighted by molar-refractivity contribution is 5.81. The summed E-state index contributed by atoms with van der Waals surface area (Å²) in [7, 11) is 0. The minimum absolute atomic E-state index is 0.145. The quantitative estimate of drug-likeness (QED) is 0.896. The van der Waals surface area contributed by atoms with Gasteiger partial charge in [-0.25, -0.2) is 4.39 Å². The van der Waals surface area contributed by atoms with E-state index in [0.717, 1.165) is 44.5 Å². The molecule has 1 fully saturated rings. The molecule has 1 atom stereocenters. The lowest BCUT2D eigenvalue weighted by Crippen LogP contribution is -2.47. The van der Waals surface area contributed by atoms with Crippen LogP contribution in [0.4, 0.5) is 4.39 Å². The highest BCUT2D eigenvalue weighted by Gasteiger charge is 2.21. The first kappa shape index (κ1) is 15.0. The average Bonchev–Trinajstić information content (AvgIpc) is 2.49. The van der Waals surface area contributed by atoms with E-state index in [1.165, 1.54) is 18.6 Å². The first-order valence-corrected chi connectivity index (χ1v) is 7.43. The van der Waals surface area contributed by atoms with Crippen LogP contribution in [0.2, 0.25) is 0 Å². The molecule has 110 valence electrons. The predicted molar refractivity (Wildman–Crippen MR) is 78.0 cm³/mol. The average molecular weight is 278 g/mol. The molecule has 0 radical (unpaired) electrons. The number of rotatable bonds is 5. The van der Waals surface area contributed by atoms with E-state index in [4.69, 9.17) is 0 Å². The first-order chi connectivity index (χ1) is 9.66. The molecule has 1 heterocycles. The van der Waals surface area contributed by atoms with Gasteiger partial charge in [0.1, 0.15) is 5.82 Å². The van der Waals surface area contributed by atoms with Crippen molar-refractivity contribution in [3.8, 4) is 0 Å². The molecule has 0 aromatic heterocycles. The molecule has 0 saturated carbocycles. The highest BCUT2D eigenvalue weighted by Crippen LogP contribution is 2.10. The lowest BCUT2D eigenvalue weighted by Gasteiger charge is -2.29. The molecule has 1 N–H and O–H groups in total. The van der Waals surface area contributed by atoms with Crippen molar-refractivity contribution >= 4 is 5.91 Å². The minimum Gasteiger partial charge on any atom is -0.341 e. The first-order valence-electron chi connectivity index (χ1n) is 7.43. The fourth-order valence-electron chi connectivity index (χ4n) is 2.56. The number of hydrogen-bond donors (Lipinski definition) is 1. The Bertz CT molecular complexity index is 427. The van der Waals surface area contributed by atoms with Crippen molar-refractivity contribution in [3.05, 3.63) is 35.6 Å². The van der Waals surface area contributed by atoms with E-state index in [1.807, 2.05) is 11.8 Å². The summed E-state index contributed by atoms with van der Waals surface area (Å²) in [4.78, 5) is 14.2. The molecule has 1 aromatic carbocycles. The molecule has 2 rings (SSSR count). The number of carbonyl (C=O) groups excluding carboxylic acids is 1. The third-order valence-corrected chi connectivity index (χ3v) is 3.82. The molecule has 1 aliphatic rings. The van der Waals surface area contributed by atoms with Crippen LogP contribution in [0.15, 0.2) is 24.3 Å². The molecule has 0 spiro atoms. The van der Waals surface area contributed by atoms with Gasteiger partial charge in [0.2, 0.25) is 5.91 Å². The Balaban J connectivity index is 1.72. The number of amides is 1. The topological polar surface area (TPSA) is 32.3 Å². The summed E-state index contributed by atoms with van der Waals surface area (Å²) in [6.45, 7) is 4.43. The second kappa shape index (κ2) is 7.39. The number of nitrogens with zero attached hydrogens (tertiary/aromatic N) is 1. The van der Waals surface area contributed by atoms with Crippen molar-refractivity contribution in [1.82, 2.24) is 10.2 Å². The Morgan fingerprint density at radius 3 is 2.55 bits per heavy atom. The fraction of sp³-hybridized carbons (Fsp3) is 0.562. The molecular formula is C16H23FN2O. The van der Waals surface area contributed by atoms with Crippen LogP contribution >= 0.6 is 0 Å². The van der Waals surface area contributed by atoms with Gasteiger partial charge < -0.3 is 10.2 Å². The van der Waals surface area contributed by atoms with Gasteiger partial charge in [0, 0.05) is 13.1 Å². The van der Waals surface area contributed by atoms with Crippen LogP contribution in [0.5, 0.6) is 0 Å². The summed E-state index contributed by atoms with van der Waals surface area (Å²) < 4.78 is 12.8. The van der Waals surface area contributed by atoms with Gasteiger partial charge >= 0.3 is 0 Å². The van der Waals surface area contributed by atoms with Crippen LogP contribution in [0, 0.1) is 5.82 Å². The van der Waals surface area contributed by atoms with Gasteiger partial charge in [-0.3, -0.25) is 4.79 Å². The molecule has 4 heteroatoms. The molecule has 1 aliphatic heterocycles. The smallest absolute Gasteiger partial charge is 0.239 e. The van der Waals surface area contributed by atoms with Gasteiger partial charge in [-0.2, -0.15) is 0 Å². The van der Waals surface area contributed by atoms with Gasteiger partial charge in [-0.05, 0) is 56.8 Å². The third-order valence-electron chi connectivity index (χ3n) is 3.82. The van der Waals surface area contributed by atoms with E-state index in [9.17, 15) is 9.18 Å². The van der Waals surface area contributed by atoms with Gasteiger partial charge in [0.05, 0.1) is 6.04 Å². The van der Waals surface area contributed by atoms with E-state index >= 15 is 0 Å². The molecule has 1 saturated heterocycles. The summed E-state index contributed by atoms with van der Waals surface area (Å²) >= 11 is 0. The summed E-state index contributed by atoms with van der Waals surface area (Å²) in [5.41, 5.74) is 1.08. The van der Waals surface area contributed by atoms with Gasteiger partial charge in [-0.1, -0.05) is 12.1 Å². The molecular weight excluding hydrogens is 255 g/mol. The maximum Gasteiger partial charge on any atom is 0.239 e. The lowest BCUT2D eigenvalue weighted by molar-refractivity contribution is -0.133. The Kier molecular flexibility index (Phi) is 5.53. The van der Waals surface area contributed by atoms with Crippen molar-refractivity contribution in [2.75, 3.05) is 19.6 Å². The number of likely N-dealkylation sites (tertiary alicyclic amines) is 1. The third kappa shape index (κ3) is 4.30. The molecule has 1 amide bonds. The van der Waals surface area contributed by atoms with Gasteiger partial charge in [-0.15, -0.1) is 0 Å². The number of carbonyl (C=O) groups is 1. The van der Waals surface area contributed by atoms with Crippen LogP contribution in [0.1, 0.15) is 31.7 Å². The largest absolute Gasteiger partial charge is 0.341 e. The van der Waals surface area contributed by atoms with Crippen LogP contribution in [-0.2, 0) is 11.2 Å². The number of piperidine rings is 1. The standard InChI is InChI=1S/C16H23FN2O/c1-13(16(20)19-11-3-2-4-12-19)18-10-9-14-5-7-15(17)8-6-14/h5-8,13,18H,2-4,9-12H2,1H3. The Hall–Kier alpha value is -1.42. The van der Waals surface area contributed by atoms with E-state index in [2.05, 4.69) is 5.32 Å². The SMILES string of the molecule is CC(NCCc1ccc(F)cc1)C(=O)N1CCCCC1. The fourth-order valence-corrected chi connectivity index (χ4v) is 2.56. The maximum atomic E-state index is 12.8. The Morgan fingerprint density at radius 1 is 1.25 bits per heavy atom. The van der Waals surface area contributed by atoms with Gasteiger partial charge in [0.15, 0.2) is 0 Å².